The number of nitrogens with zero attached hydrogens (tertiary/aromatic N) is 4. The van der Waals surface area contributed by atoms with Gasteiger partial charge in [0.15, 0.2) is 0 Å². The summed E-state index contributed by atoms with van der Waals surface area (Å²) in [7, 11) is 0. The second-order valence-corrected chi connectivity index (χ2v) is 29.0. The van der Waals surface area contributed by atoms with Gasteiger partial charge >= 0.3 is 0 Å². The van der Waals surface area contributed by atoms with Crippen molar-refractivity contribution in [1.82, 2.24) is 30.2 Å². The maximum Gasteiger partial charge on any atom is 0.261 e. The summed E-state index contributed by atoms with van der Waals surface area (Å²) >= 11 is 0. The molecule has 16 heteroatoms. The summed E-state index contributed by atoms with van der Waals surface area (Å²) in [5.41, 5.74) is 3.00. The Hall–Kier alpha value is -9.70. The van der Waals surface area contributed by atoms with E-state index < -0.39 is 60.6 Å². The smallest absolute Gasteiger partial charge is 0.261 e. The van der Waals surface area contributed by atoms with Crippen LogP contribution in [0.4, 0.5) is 0 Å². The van der Waals surface area contributed by atoms with E-state index in [1.54, 1.807) is 24.3 Å². The molecule has 0 unspecified atom stereocenters. The Kier molecular flexibility index (Phi) is 17.9. The molecule has 16 nitrogen and oxygen atoms in total. The van der Waals surface area contributed by atoms with Gasteiger partial charge in [-0.15, -0.1) is 0 Å². The van der Waals surface area contributed by atoms with Crippen molar-refractivity contribution in [2.75, 3.05) is 13.1 Å². The van der Waals surface area contributed by atoms with Gasteiger partial charge in [-0.3, -0.25) is 67.5 Å². The van der Waals surface area contributed by atoms with Gasteiger partial charge in [0.1, 0.15) is 13.1 Å². The molecule has 10 aromatic rings. The monoisotopic (exact) mass is 1340 g/mol. The number of nitrogens with one attached hydrogen (secondary N) is 2. The third kappa shape index (κ3) is 10.8. The van der Waals surface area contributed by atoms with Crippen LogP contribution in [0.15, 0.2) is 97.1 Å². The maximum absolute atomic E-state index is 14.7. The first-order chi connectivity index (χ1) is 48.7. The summed E-state index contributed by atoms with van der Waals surface area (Å²) < 4.78 is 0. The normalized spacial score (nSPS) is 17.1. The van der Waals surface area contributed by atoms with Crippen LogP contribution in [0.5, 0.6) is 0 Å². The predicted octanol–water partition coefficient (Wildman–Crippen LogP) is 17.0. The van der Waals surface area contributed by atoms with Crippen molar-refractivity contribution in [3.63, 3.8) is 0 Å². The topological polar surface area (TPSA) is 208 Å². The van der Waals surface area contributed by atoms with Crippen LogP contribution in [0.2, 0.25) is 0 Å². The average Bonchev–Trinajstić information content (AvgIpc) is 0.696. The molecular weight excluding hydrogens is 1250 g/mol. The molecule has 15 rings (SSSR count). The van der Waals surface area contributed by atoms with Crippen molar-refractivity contribution < 1.29 is 47.9 Å². The SMILES string of the molecule is CCCCCCC(CCCCCC)N1C(=O)c2ccc3c4ccc5c6c(ccc(c7ccc(c2c37)C1=O)c64)C(=O)N(CC(=O)N[C@H]1CCCC[C@@H]1NC(=O)CN1C(=O)c2ccc3c4ccc6c7c(ccc(c8ccc(c2c38)C1=O)c74)C(=O)N(C(CCCCCC)CCCCCC)C6=O)C5=O. The highest BCUT2D eigenvalue weighted by Gasteiger charge is 2.43. The number of rotatable bonds is 28. The van der Waals surface area contributed by atoms with Crippen molar-refractivity contribution >= 4 is 145 Å². The molecule has 0 spiro atoms. The van der Waals surface area contributed by atoms with Crippen LogP contribution >= 0.6 is 0 Å². The van der Waals surface area contributed by atoms with E-state index in [0.717, 1.165) is 205 Å². The summed E-state index contributed by atoms with van der Waals surface area (Å²) in [6.07, 6.45) is 22.2. The van der Waals surface area contributed by atoms with Crippen molar-refractivity contribution in [2.24, 2.45) is 0 Å². The van der Waals surface area contributed by atoms with Gasteiger partial charge in [0.25, 0.3) is 47.3 Å². The molecule has 4 aliphatic heterocycles. The molecule has 0 aromatic heterocycles. The van der Waals surface area contributed by atoms with Crippen molar-refractivity contribution in [2.45, 2.75) is 206 Å². The lowest BCUT2D eigenvalue weighted by atomic mass is 9.82. The number of hydrogen-bond acceptors (Lipinski definition) is 10. The van der Waals surface area contributed by atoms with Crippen LogP contribution in [-0.4, -0.2) is 116 Å². The van der Waals surface area contributed by atoms with E-state index in [4.69, 9.17) is 0 Å². The molecule has 100 heavy (non-hydrogen) atoms. The van der Waals surface area contributed by atoms with Crippen LogP contribution in [0.1, 0.15) is 265 Å². The predicted molar refractivity (Wildman–Crippen MR) is 392 cm³/mol. The molecule has 4 heterocycles. The van der Waals surface area contributed by atoms with E-state index in [2.05, 4.69) is 38.3 Å². The third-order valence-electron chi connectivity index (χ3n) is 22.9. The molecule has 1 aliphatic carbocycles. The summed E-state index contributed by atoms with van der Waals surface area (Å²) in [5.74, 6) is -4.83. The van der Waals surface area contributed by atoms with Gasteiger partial charge in [0.2, 0.25) is 11.8 Å². The summed E-state index contributed by atoms with van der Waals surface area (Å²) in [4.78, 5) is 151. The van der Waals surface area contributed by atoms with Gasteiger partial charge in [0, 0.05) is 90.2 Å². The van der Waals surface area contributed by atoms with E-state index in [-0.39, 0.29) is 58.0 Å². The van der Waals surface area contributed by atoms with E-state index in [9.17, 15) is 47.9 Å². The lowest BCUT2D eigenvalue weighted by Gasteiger charge is -2.35. The highest BCUT2D eigenvalue weighted by Crippen LogP contribution is 2.49. The lowest BCUT2D eigenvalue weighted by molar-refractivity contribution is -0.125. The van der Waals surface area contributed by atoms with Crippen LogP contribution < -0.4 is 10.6 Å². The van der Waals surface area contributed by atoms with Gasteiger partial charge < -0.3 is 10.6 Å². The average molecular weight is 1340 g/mol. The Morgan fingerprint density at radius 3 is 0.750 bits per heavy atom. The zero-order valence-corrected chi connectivity index (χ0v) is 57.8. The fraction of sp³-hybridized carbons (Fsp3) is 0.405. The number of imide groups is 4. The first-order valence-corrected chi connectivity index (χ1v) is 37.2. The minimum atomic E-state index is -0.634. The van der Waals surface area contributed by atoms with Gasteiger partial charge in [-0.1, -0.05) is 192 Å². The van der Waals surface area contributed by atoms with Crippen molar-refractivity contribution in [3.8, 4) is 0 Å². The van der Waals surface area contributed by atoms with Crippen LogP contribution in [0.25, 0.3) is 86.2 Å². The van der Waals surface area contributed by atoms with Crippen molar-refractivity contribution in [1.29, 1.82) is 0 Å². The van der Waals surface area contributed by atoms with Crippen LogP contribution in [-0.2, 0) is 9.59 Å². The lowest BCUT2D eigenvalue weighted by Crippen LogP contribution is -2.57. The molecule has 1 fully saturated rings. The molecule has 0 bridgehead atoms. The molecule has 2 N–H and O–H groups in total. The molecular formula is C84H86N6O10. The fourth-order valence-electron chi connectivity index (χ4n) is 17.9. The largest absolute Gasteiger partial charge is 0.350 e. The van der Waals surface area contributed by atoms with Gasteiger partial charge in [0.05, 0.1) is 0 Å². The Labute approximate surface area is 581 Å². The third-order valence-corrected chi connectivity index (χ3v) is 22.9. The summed E-state index contributed by atoms with van der Waals surface area (Å²) in [6, 6.07) is 27.6. The molecule has 0 radical (unpaired) electrons. The quantitative estimate of drug-likeness (QED) is 0.0205. The Morgan fingerprint density at radius 1 is 0.310 bits per heavy atom. The molecule has 5 aliphatic rings. The highest BCUT2D eigenvalue weighted by molar-refractivity contribution is 6.43. The maximum atomic E-state index is 14.7. The number of amides is 10. The number of carbonyl (C=O) groups is 10. The molecule has 10 amide bonds. The summed E-state index contributed by atoms with van der Waals surface area (Å²) in [6.45, 7) is 7.52. The van der Waals surface area contributed by atoms with Crippen LogP contribution in [0.3, 0.4) is 0 Å². The number of benzene rings is 10. The highest BCUT2D eigenvalue weighted by atomic mass is 16.2. The molecule has 1 saturated carbocycles. The Morgan fingerprint density at radius 2 is 0.530 bits per heavy atom. The number of fused-ring (bicyclic) bond motifs is 4. The molecule has 10 aromatic carbocycles. The first-order valence-electron chi connectivity index (χ1n) is 37.2. The van der Waals surface area contributed by atoms with Crippen LogP contribution in [0, 0.1) is 0 Å². The zero-order chi connectivity index (χ0) is 69.4. The second-order valence-electron chi connectivity index (χ2n) is 29.0. The van der Waals surface area contributed by atoms with Gasteiger partial charge in [-0.2, -0.15) is 0 Å². The Bertz CT molecular complexity index is 4530. The van der Waals surface area contributed by atoms with E-state index >= 15 is 0 Å². The van der Waals surface area contributed by atoms with Gasteiger partial charge in [-0.25, -0.2) is 0 Å². The minimum absolute atomic E-state index is 0.201. The van der Waals surface area contributed by atoms with Crippen molar-refractivity contribution in [3.05, 3.63) is 142 Å². The number of unbranched alkanes of at least 4 members (excludes halogenated alkanes) is 12. The fourth-order valence-corrected chi connectivity index (χ4v) is 17.9. The first kappa shape index (κ1) is 66.2. The van der Waals surface area contributed by atoms with E-state index in [1.807, 2.05) is 72.8 Å². The van der Waals surface area contributed by atoms with E-state index in [0.29, 0.717) is 67.4 Å². The summed E-state index contributed by atoms with van der Waals surface area (Å²) in [5, 5.41) is 17.4. The molecule has 0 saturated heterocycles. The zero-order valence-electron chi connectivity index (χ0n) is 57.8. The standard InChI is InChI=1S/C84H86N6O10/c1-5-9-13-17-23-47(24-18-14-10-6-2)89-81(97)61-41-33-53-49-29-37-57-73-58(38-30-50(69(49)73)54-34-42-62(82(89)98)75(61)71(53)54)78(94)87(77(57)93)45-67(91)85-65-27-21-22-28-66(65)86-68(92)46-88-79(95)59-39-31-51-55-35-43-63-76-64(44-36-56(72(55)76)52-32-40-60(80(88)96)74(59)70(51)52)84(100)90(83(63)99)48(25-19-15-11-7-3)26-20-16-12-8-4/h29-44,47-48,65-66H,5-28,45-46H2,1-4H3,(H,85,91)(H,86,92)/t65-,66-/m0/s1. The Balaban J connectivity index is 0.641. The minimum Gasteiger partial charge on any atom is -0.350 e. The second kappa shape index (κ2) is 27.1. The number of hydrogen-bond donors (Lipinski definition) is 2. The van der Waals surface area contributed by atoms with E-state index in [1.165, 1.54) is 9.80 Å². The van der Waals surface area contributed by atoms with Gasteiger partial charge in [-0.05, 0) is 152 Å². The molecule has 512 valence electrons. The molecule has 2 atom stereocenters. The number of carbonyl (C=O) groups excluding carboxylic acids is 10.